The summed E-state index contributed by atoms with van der Waals surface area (Å²) in [5, 5.41) is 8.25. The van der Waals surface area contributed by atoms with E-state index in [0.717, 1.165) is 56.4 Å². The Morgan fingerprint density at radius 1 is 0.358 bits per heavy atom. The molecule has 0 radical (unpaired) electrons. The third kappa shape index (κ3) is 31.8. The second kappa shape index (κ2) is 46.4. The highest BCUT2D eigenvalue weighted by Gasteiger charge is 2.21. The van der Waals surface area contributed by atoms with Gasteiger partial charge < -0.3 is 28.4 Å². The number of esters is 2. The highest BCUT2D eigenvalue weighted by Crippen LogP contribution is 2.40. The van der Waals surface area contributed by atoms with E-state index in [2.05, 4.69) is 38.0 Å². The zero-order valence-electron chi connectivity index (χ0n) is 51.6. The Kier molecular flexibility index (Phi) is 39.2. The molecule has 0 N–H and O–H groups in total. The number of carbonyl (C=O) groups excluding carboxylic acids is 2. The maximum absolute atomic E-state index is 14.0. The molecule has 81 heavy (non-hydrogen) atoms. The largest absolute Gasteiger partial charge is 0.494 e. The van der Waals surface area contributed by atoms with E-state index < -0.39 is 11.9 Å². The molecule has 0 fully saturated rings. The highest BCUT2D eigenvalue weighted by atomic mass is 16.6. The lowest BCUT2D eigenvalue weighted by atomic mass is 10.1. The predicted octanol–water partition coefficient (Wildman–Crippen LogP) is 20.9. The molecule has 4 rings (SSSR count). The average Bonchev–Trinajstić information content (AvgIpc) is 4.00. The first-order chi connectivity index (χ1) is 39.9. The van der Waals surface area contributed by atoms with E-state index in [4.69, 9.17) is 28.4 Å². The number of benzene rings is 3. The molecule has 454 valence electrons. The molecule has 0 saturated heterocycles. The zero-order chi connectivity index (χ0) is 57.5. The SMILES string of the molecule is CCCCCCCCCCCCOc1ccc(-n2cc(C(=O)Oc3ccc(OC(=O)c4cc(OCCCCCCCCCCCC)c(OCCCCCCCCCCCC)c(OCCCCCCCCCCCC)c4)cc3)nn2)cc1. The van der Waals surface area contributed by atoms with Gasteiger partial charge in [-0.05, 0) is 86.3 Å². The summed E-state index contributed by atoms with van der Waals surface area (Å²) in [5.41, 5.74) is 1.11. The summed E-state index contributed by atoms with van der Waals surface area (Å²) in [6.45, 7) is 11.3. The first-order valence-electron chi connectivity index (χ1n) is 33.2. The minimum absolute atomic E-state index is 0.0556. The monoisotopic (exact) mass is 1120 g/mol. The second-order valence-electron chi connectivity index (χ2n) is 22.7. The fraction of sp³-hybridized carbons (Fsp3) is 0.686. The van der Waals surface area contributed by atoms with Crippen LogP contribution >= 0.6 is 0 Å². The second-order valence-corrected chi connectivity index (χ2v) is 22.7. The quantitative estimate of drug-likeness (QED) is 0.0240. The number of ether oxygens (including phenoxy) is 6. The number of hydrogen-bond donors (Lipinski definition) is 0. The normalized spacial score (nSPS) is 11.3. The Labute approximate surface area is 492 Å². The molecule has 0 saturated carbocycles. The van der Waals surface area contributed by atoms with E-state index in [1.54, 1.807) is 36.4 Å². The average molecular weight is 1120 g/mol. The first kappa shape index (κ1) is 68.4. The number of carbonyl (C=O) groups is 2. The van der Waals surface area contributed by atoms with Crippen molar-refractivity contribution in [1.82, 2.24) is 15.0 Å². The molecule has 1 heterocycles. The Morgan fingerprint density at radius 2 is 0.667 bits per heavy atom. The number of rotatable bonds is 53. The third-order valence-corrected chi connectivity index (χ3v) is 15.3. The molecule has 11 heteroatoms. The Bertz CT molecular complexity index is 2110. The van der Waals surface area contributed by atoms with Gasteiger partial charge in [0, 0.05) is 0 Å². The van der Waals surface area contributed by atoms with Gasteiger partial charge in [0.1, 0.15) is 17.2 Å². The van der Waals surface area contributed by atoms with Crippen molar-refractivity contribution in [2.24, 2.45) is 0 Å². The van der Waals surface area contributed by atoms with Crippen LogP contribution in [0.3, 0.4) is 0 Å². The maximum atomic E-state index is 14.0. The van der Waals surface area contributed by atoms with Gasteiger partial charge in [-0.1, -0.05) is 264 Å². The molecule has 0 aliphatic heterocycles. The van der Waals surface area contributed by atoms with Gasteiger partial charge >= 0.3 is 11.9 Å². The Balaban J connectivity index is 1.35. The molecule has 0 aliphatic rings. The molecule has 0 atom stereocenters. The van der Waals surface area contributed by atoms with E-state index in [1.165, 1.54) is 223 Å². The van der Waals surface area contributed by atoms with Crippen LogP contribution in [-0.4, -0.2) is 53.4 Å². The van der Waals surface area contributed by atoms with Crippen molar-refractivity contribution in [3.05, 3.63) is 78.1 Å². The summed E-state index contributed by atoms with van der Waals surface area (Å²) in [4.78, 5) is 27.3. The molecule has 1 aromatic heterocycles. The van der Waals surface area contributed by atoms with Crippen molar-refractivity contribution in [3.8, 4) is 40.2 Å². The minimum atomic E-state index is -0.659. The van der Waals surface area contributed by atoms with Gasteiger partial charge in [0.05, 0.1) is 43.9 Å². The van der Waals surface area contributed by atoms with E-state index in [1.807, 2.05) is 24.3 Å². The van der Waals surface area contributed by atoms with E-state index >= 15 is 0 Å². The summed E-state index contributed by atoms with van der Waals surface area (Å²) in [5.74, 6) is 1.72. The maximum Gasteiger partial charge on any atom is 0.365 e. The smallest absolute Gasteiger partial charge is 0.365 e. The summed E-state index contributed by atoms with van der Waals surface area (Å²) < 4.78 is 38.8. The molecule has 0 bridgehead atoms. The van der Waals surface area contributed by atoms with Crippen molar-refractivity contribution in [1.29, 1.82) is 0 Å². The van der Waals surface area contributed by atoms with Gasteiger partial charge in [-0.3, -0.25) is 0 Å². The number of aromatic nitrogens is 3. The molecular weight excluding hydrogens is 1010 g/mol. The van der Waals surface area contributed by atoms with E-state index in [0.29, 0.717) is 55.0 Å². The molecule has 3 aromatic carbocycles. The lowest BCUT2D eigenvalue weighted by Gasteiger charge is -2.19. The molecule has 11 nitrogen and oxygen atoms in total. The summed E-state index contributed by atoms with van der Waals surface area (Å²) in [6.07, 6.45) is 51.5. The van der Waals surface area contributed by atoms with Crippen molar-refractivity contribution in [2.75, 3.05) is 26.4 Å². The van der Waals surface area contributed by atoms with Crippen molar-refractivity contribution < 1.29 is 38.0 Å². The van der Waals surface area contributed by atoms with Crippen LogP contribution in [-0.2, 0) is 0 Å². The van der Waals surface area contributed by atoms with Crippen LogP contribution in [0.4, 0.5) is 0 Å². The van der Waals surface area contributed by atoms with Gasteiger partial charge in [-0.25, -0.2) is 14.3 Å². The summed E-state index contributed by atoms with van der Waals surface area (Å²) >= 11 is 0. The fourth-order valence-electron chi connectivity index (χ4n) is 10.2. The van der Waals surface area contributed by atoms with Crippen molar-refractivity contribution in [2.45, 2.75) is 285 Å². The van der Waals surface area contributed by atoms with Crippen LogP contribution < -0.4 is 28.4 Å². The van der Waals surface area contributed by atoms with Crippen LogP contribution in [0.2, 0.25) is 0 Å². The molecule has 0 amide bonds. The van der Waals surface area contributed by atoms with Gasteiger partial charge in [-0.15, -0.1) is 5.10 Å². The molecule has 0 spiro atoms. The fourth-order valence-corrected chi connectivity index (χ4v) is 10.2. The lowest BCUT2D eigenvalue weighted by Crippen LogP contribution is -2.12. The van der Waals surface area contributed by atoms with E-state index in [9.17, 15) is 9.59 Å². The molecule has 0 aliphatic carbocycles. The van der Waals surface area contributed by atoms with Crippen LogP contribution in [0.25, 0.3) is 5.69 Å². The van der Waals surface area contributed by atoms with Crippen molar-refractivity contribution >= 4 is 11.9 Å². The lowest BCUT2D eigenvalue weighted by molar-refractivity contribution is 0.0715. The van der Waals surface area contributed by atoms with E-state index in [-0.39, 0.29) is 11.4 Å². The number of hydrogen-bond acceptors (Lipinski definition) is 10. The van der Waals surface area contributed by atoms with Crippen molar-refractivity contribution in [3.63, 3.8) is 0 Å². The van der Waals surface area contributed by atoms with Gasteiger partial charge in [0.2, 0.25) is 5.75 Å². The van der Waals surface area contributed by atoms with Gasteiger partial charge in [0.15, 0.2) is 17.2 Å². The Morgan fingerprint density at radius 3 is 1.04 bits per heavy atom. The standard InChI is InChI=1S/C70H111N3O8/c1-5-9-13-17-21-25-29-33-37-41-53-76-62-47-45-61(46-48-62)73-59-65(71-72-73)70(75)81-64-51-49-63(50-52-64)80-69(74)60-57-66(77-54-42-38-34-30-26-22-18-14-10-6-2)68(79-56-44-40-36-32-28-24-20-16-12-8-4)67(58-60)78-55-43-39-35-31-27-23-19-15-11-7-3/h45-52,57-59H,5-44,53-56H2,1-4H3. The highest BCUT2D eigenvalue weighted by molar-refractivity contribution is 5.93. The van der Waals surface area contributed by atoms with Crippen LogP contribution in [0.5, 0.6) is 34.5 Å². The molecule has 4 aromatic rings. The topological polar surface area (TPSA) is 120 Å². The summed E-state index contributed by atoms with van der Waals surface area (Å²) in [6, 6.07) is 17.5. The van der Waals surface area contributed by atoms with Crippen LogP contribution in [0.15, 0.2) is 66.9 Å². The van der Waals surface area contributed by atoms with Crippen LogP contribution in [0, 0.1) is 0 Å². The number of unbranched alkanes of at least 4 members (excludes halogenated alkanes) is 36. The predicted molar refractivity (Wildman–Crippen MR) is 334 cm³/mol. The van der Waals surface area contributed by atoms with Gasteiger partial charge in [0.25, 0.3) is 0 Å². The molecule has 0 unspecified atom stereocenters. The first-order valence-corrected chi connectivity index (χ1v) is 33.2. The Hall–Kier alpha value is -5.06. The zero-order valence-corrected chi connectivity index (χ0v) is 51.6. The minimum Gasteiger partial charge on any atom is -0.494 e. The third-order valence-electron chi connectivity index (χ3n) is 15.3. The van der Waals surface area contributed by atoms with Gasteiger partial charge in [-0.2, -0.15) is 0 Å². The summed E-state index contributed by atoms with van der Waals surface area (Å²) in [7, 11) is 0. The number of nitrogens with zero attached hydrogens (tertiary/aromatic N) is 3. The molecular formula is C70H111N3O8. The van der Waals surface area contributed by atoms with Crippen LogP contribution in [0.1, 0.15) is 305 Å².